The monoisotopic (exact) mass is 1860 g/mol. The number of nitrogens with one attached hydrogen (secondary N) is 2. The molecule has 0 bridgehead atoms. The van der Waals surface area contributed by atoms with E-state index in [1.807, 2.05) is 264 Å². The van der Waals surface area contributed by atoms with Crippen molar-refractivity contribution in [2.75, 3.05) is 48.6 Å². The van der Waals surface area contributed by atoms with Crippen molar-refractivity contribution in [2.45, 2.75) is 138 Å². The number of carbonyl (C=O) groups excluding carboxylic acids is 2. The van der Waals surface area contributed by atoms with Crippen molar-refractivity contribution in [3.8, 4) is 0 Å². The zero-order chi connectivity index (χ0) is 96.4. The lowest BCUT2D eigenvalue weighted by atomic mass is 10.2. The molecule has 680 valence electrons. The number of carbonyl (C=O) groups is 2. The van der Waals surface area contributed by atoms with Gasteiger partial charge in [0.1, 0.15) is 49.5 Å². The van der Waals surface area contributed by atoms with Gasteiger partial charge in [-0.2, -0.15) is 4.39 Å². The third kappa shape index (κ3) is 64.6. The molecule has 0 spiro atoms. The van der Waals surface area contributed by atoms with Gasteiger partial charge in [0.05, 0.1) is 0 Å². The molecule has 0 saturated carbocycles. The van der Waals surface area contributed by atoms with E-state index in [0.717, 1.165) is 85.3 Å². The first-order valence-corrected chi connectivity index (χ1v) is 42.3. The van der Waals surface area contributed by atoms with E-state index >= 15 is 0 Å². The maximum absolute atomic E-state index is 12.1. The normalized spacial score (nSPS) is 9.26. The van der Waals surface area contributed by atoms with Crippen molar-refractivity contribution in [2.24, 2.45) is 0 Å². The number of hydrogen-bond acceptors (Lipinski definition) is 22. The van der Waals surface area contributed by atoms with E-state index in [2.05, 4.69) is 138 Å². The minimum atomic E-state index is -0.412. The zero-order valence-electron chi connectivity index (χ0n) is 77.5. The number of anilines is 4. The fourth-order valence-electron chi connectivity index (χ4n) is 8.41. The van der Waals surface area contributed by atoms with Gasteiger partial charge in [-0.05, 0) is 322 Å². The second-order valence-electron chi connectivity index (χ2n) is 28.3. The van der Waals surface area contributed by atoms with Crippen LogP contribution in [0.5, 0.6) is 0 Å². The van der Waals surface area contributed by atoms with Gasteiger partial charge in [0, 0.05) is 170 Å². The van der Waals surface area contributed by atoms with Gasteiger partial charge < -0.3 is 20.4 Å². The quantitative estimate of drug-likeness (QED) is 0.119. The summed E-state index contributed by atoms with van der Waals surface area (Å²) in [5.74, 6) is 2.37. The average molecular weight is 1870 g/mol. The van der Waals surface area contributed by atoms with Crippen LogP contribution in [0, 0.1) is 117 Å². The third-order valence-corrected chi connectivity index (χ3v) is 16.1. The molecular weight excluding hydrogens is 1750 g/mol. The van der Waals surface area contributed by atoms with E-state index in [0.29, 0.717) is 42.7 Å². The molecule has 24 nitrogen and oxygen atoms in total. The number of aryl methyl sites for hydroxylation is 17. The van der Waals surface area contributed by atoms with Gasteiger partial charge in [-0.15, -0.1) is 0 Å². The Morgan fingerprint density at radius 2 is 0.767 bits per heavy atom. The molecular formula is C98H117Cl6FN22O2. The van der Waals surface area contributed by atoms with E-state index in [9.17, 15) is 14.0 Å². The lowest BCUT2D eigenvalue weighted by Gasteiger charge is -2.09. The number of pyridine rings is 12. The van der Waals surface area contributed by atoms with Crippen LogP contribution in [0.2, 0.25) is 31.0 Å². The molecule has 0 atom stereocenters. The molecule has 15 rings (SSSR count). The molecule has 31 heteroatoms. The van der Waals surface area contributed by atoms with Crippen LogP contribution >= 0.6 is 69.6 Å². The zero-order valence-corrected chi connectivity index (χ0v) is 82.1. The predicted octanol–water partition coefficient (Wildman–Crippen LogP) is 24.0. The van der Waals surface area contributed by atoms with Crippen LogP contribution in [-0.2, 0) is 16.0 Å². The summed E-state index contributed by atoms with van der Waals surface area (Å²) in [6.07, 6.45) is 32.3. The van der Waals surface area contributed by atoms with E-state index < -0.39 is 5.95 Å². The lowest BCUT2D eigenvalue weighted by molar-refractivity contribution is -0.115. The van der Waals surface area contributed by atoms with Gasteiger partial charge in [-0.1, -0.05) is 101 Å². The molecule has 129 heavy (non-hydrogen) atoms. The Hall–Kier alpha value is -12.8. The highest BCUT2D eigenvalue weighted by atomic mass is 35.5. The lowest BCUT2D eigenvalue weighted by Crippen LogP contribution is -2.12. The van der Waals surface area contributed by atoms with Crippen molar-refractivity contribution in [3.05, 3.63) is 401 Å². The second kappa shape index (κ2) is 68.4. The van der Waals surface area contributed by atoms with Gasteiger partial charge in [0.2, 0.25) is 29.0 Å². The van der Waals surface area contributed by atoms with Crippen LogP contribution in [0.1, 0.15) is 116 Å². The summed E-state index contributed by atoms with van der Waals surface area (Å²) in [5.41, 5.74) is 18.8. The van der Waals surface area contributed by atoms with Gasteiger partial charge >= 0.3 is 0 Å². The standard InChI is InChI=1S/2C8H10N2O.C8H12N2.C8H11N.C7H11N3.C7H9N.C6H5Cl2N.3C6H6ClN.C6H6FN.2C6H7N.C5H5ClN2.C5H6N2/c1-6-3-4-9-8(5-6)10-7(2)11;1-6-3-4-8(9-5-6)10-7(2)11;1-7-4-5-8(9-6-7)10(2)3;1-3-8-5-4-7(2)6-9-8;1-6-4-8-7(9-5-6)10(2)3;1-6-3-4-8-7(2)5-6;1-4-2-5(7)9-6(8)3-4;1-5-2-3-8-6(7)4-5;1-5-2-3-6(7)8-4-5;1-5-3-2-4-6(7)8-5;1-5-2-3-8-6(7)4-5;1-6-2-4-7-5-3-6;1-6-4-2-3-5-7-6;1-4-2-7-5(6)8-3-4;1-5-2-6-4-7-3-5/h2*3-5H,1-2H3,(H,9,10,11);4-6H,1-3H3;4-6H,3H2,1-2H3;4-5H,1-3H3;3-5H,1-2H3;2-3H,1H3;4*2-4H,1H3;2*2-5H,1H3;2-3H,1H3;2-4H,1H3. The van der Waals surface area contributed by atoms with Crippen LogP contribution in [-0.4, -0.2) is 130 Å². The smallest absolute Gasteiger partial charge is 0.224 e. The second-order valence-corrected chi connectivity index (χ2v) is 30.6. The van der Waals surface area contributed by atoms with Crippen molar-refractivity contribution in [1.29, 1.82) is 0 Å². The fourth-order valence-corrected chi connectivity index (χ4v) is 9.62. The first-order valence-electron chi connectivity index (χ1n) is 40.0. The van der Waals surface area contributed by atoms with E-state index in [1.165, 1.54) is 60.4 Å². The SMILES string of the molecule is CC(=O)Nc1cc(C)ccn1.CC(=O)Nc1ccc(C)cn1.CCc1ccc(C)cn1.Cc1cc(Cl)nc(Cl)c1.Cc1ccc(Cl)nc1.Cc1ccc(N(C)C)nc1.Cc1cccc(Cl)n1.Cc1ccccn1.Cc1ccnc(C)c1.Cc1ccnc(Cl)c1.Cc1ccnc(F)c1.Cc1ccncc1.Cc1cnc(Cl)nc1.Cc1cnc(N(C)C)nc1.Cc1cncnc1. The Kier molecular flexibility index (Phi) is 60.6. The van der Waals surface area contributed by atoms with Gasteiger partial charge in [0.25, 0.3) is 0 Å². The molecule has 2 amide bonds. The number of halogens is 7. The number of hydrogen-bond donors (Lipinski definition) is 2. The summed E-state index contributed by atoms with van der Waals surface area (Å²) in [6.45, 7) is 36.5. The first kappa shape index (κ1) is 114. The van der Waals surface area contributed by atoms with Crippen molar-refractivity contribution in [3.63, 3.8) is 0 Å². The summed E-state index contributed by atoms with van der Waals surface area (Å²) in [4.78, 5) is 95.1. The average Bonchev–Trinajstić information content (AvgIpc) is 0.907. The van der Waals surface area contributed by atoms with Crippen molar-refractivity contribution < 1.29 is 14.0 Å². The van der Waals surface area contributed by atoms with Crippen molar-refractivity contribution >= 4 is 105 Å². The number of nitrogens with zero attached hydrogens (tertiary/aromatic N) is 20. The van der Waals surface area contributed by atoms with E-state index in [4.69, 9.17) is 69.6 Å². The maximum Gasteiger partial charge on any atom is 0.224 e. The molecule has 0 unspecified atom stereocenters. The number of rotatable bonds is 5. The minimum absolute atomic E-state index is 0.0944. The Balaban J connectivity index is 0.000000692. The summed E-state index contributed by atoms with van der Waals surface area (Å²) in [7, 11) is 7.81. The van der Waals surface area contributed by atoms with Crippen LogP contribution in [0.25, 0.3) is 0 Å². The Bertz CT molecular complexity index is 4970. The molecule has 0 aromatic carbocycles. The maximum atomic E-state index is 12.1. The van der Waals surface area contributed by atoms with Crippen LogP contribution in [0.15, 0.2) is 269 Å². The molecule has 15 aromatic heterocycles. The van der Waals surface area contributed by atoms with E-state index in [1.54, 1.807) is 105 Å². The molecule has 0 radical (unpaired) electrons. The summed E-state index contributed by atoms with van der Waals surface area (Å²) < 4.78 is 12.1. The van der Waals surface area contributed by atoms with Crippen molar-refractivity contribution in [1.82, 2.24) is 89.7 Å². The highest BCUT2D eigenvalue weighted by Gasteiger charge is 2.00. The first-order chi connectivity index (χ1) is 61.2. The fraction of sp³-hybridized carbons (Fsp3) is 0.245. The molecule has 15 aromatic rings. The Labute approximate surface area is 791 Å². The van der Waals surface area contributed by atoms with Gasteiger partial charge in [-0.3, -0.25) is 29.5 Å². The summed E-state index contributed by atoms with van der Waals surface area (Å²) in [6, 6.07) is 49.1. The highest BCUT2D eigenvalue weighted by molar-refractivity contribution is 6.32. The molecule has 0 saturated heterocycles. The van der Waals surface area contributed by atoms with Crippen LogP contribution < -0.4 is 20.4 Å². The molecule has 0 aliphatic heterocycles. The molecule has 2 N–H and O–H groups in total. The van der Waals surface area contributed by atoms with Crippen LogP contribution in [0.4, 0.5) is 27.8 Å². The molecule has 0 aliphatic carbocycles. The minimum Gasteiger partial charge on any atom is -0.363 e. The van der Waals surface area contributed by atoms with Gasteiger partial charge in [0.15, 0.2) is 0 Å². The third-order valence-electron chi connectivity index (χ3n) is 14.8. The van der Waals surface area contributed by atoms with Gasteiger partial charge in [-0.25, -0.2) is 69.8 Å². The topological polar surface area (TPSA) is 297 Å². The number of amides is 2. The molecule has 15 heterocycles. The summed E-state index contributed by atoms with van der Waals surface area (Å²) >= 11 is 33.1. The predicted molar refractivity (Wildman–Crippen MR) is 529 cm³/mol. The largest absolute Gasteiger partial charge is 0.363 e. The highest BCUT2D eigenvalue weighted by Crippen LogP contribution is 2.14. The van der Waals surface area contributed by atoms with Crippen LogP contribution in [0.3, 0.4) is 0 Å². The summed E-state index contributed by atoms with van der Waals surface area (Å²) in [5, 5.41) is 8.04. The Morgan fingerprint density at radius 1 is 0.310 bits per heavy atom. The Morgan fingerprint density at radius 3 is 1.10 bits per heavy atom. The molecule has 0 aliphatic rings. The number of aromatic nitrogens is 18. The van der Waals surface area contributed by atoms with E-state index in [-0.39, 0.29) is 11.8 Å². The molecule has 0 fully saturated rings.